The highest BCUT2D eigenvalue weighted by Gasteiger charge is 2.35. The zero-order valence-corrected chi connectivity index (χ0v) is 16.8. The number of hydrogen-bond acceptors (Lipinski definition) is 5. The Labute approximate surface area is 172 Å². The smallest absolute Gasteiger partial charge is 0.337 e. The summed E-state index contributed by atoms with van der Waals surface area (Å²) in [6.45, 7) is 0.413. The van der Waals surface area contributed by atoms with Crippen LogP contribution in [-0.4, -0.2) is 53.3 Å². The number of carbonyl (C=O) groups excluding carboxylic acids is 2. The molecule has 1 unspecified atom stereocenters. The summed E-state index contributed by atoms with van der Waals surface area (Å²) in [5.74, 6) is -0.386. The van der Waals surface area contributed by atoms with Crippen LogP contribution in [0.25, 0.3) is 10.9 Å². The summed E-state index contributed by atoms with van der Waals surface area (Å²) in [5, 5.41) is 1.25. The van der Waals surface area contributed by atoms with Crippen molar-refractivity contribution >= 4 is 45.8 Å². The van der Waals surface area contributed by atoms with Crippen LogP contribution in [-0.2, 0) is 20.7 Å². The number of nitrogens with one attached hydrogen (secondary N) is 1. The first-order valence-electron chi connectivity index (χ1n) is 9.08. The first-order chi connectivity index (χ1) is 14.0. The van der Waals surface area contributed by atoms with E-state index in [1.807, 2.05) is 24.4 Å². The van der Waals surface area contributed by atoms with E-state index in [4.69, 9.17) is 21.7 Å². The maximum absolute atomic E-state index is 13.0. The lowest BCUT2D eigenvalue weighted by Gasteiger charge is -2.30. The van der Waals surface area contributed by atoms with Gasteiger partial charge < -0.3 is 14.5 Å². The molecular formula is C21H19N3O4S. The molecular weight excluding hydrogens is 390 g/mol. The van der Waals surface area contributed by atoms with Crippen molar-refractivity contribution in [1.29, 1.82) is 0 Å². The topological polar surface area (TPSA) is 84.0 Å². The second kappa shape index (κ2) is 7.63. The van der Waals surface area contributed by atoms with Gasteiger partial charge in [0.15, 0.2) is 0 Å². The van der Waals surface area contributed by atoms with Gasteiger partial charge in [0.25, 0.3) is 0 Å². The average Bonchev–Trinajstić information content (AvgIpc) is 3.14. The molecule has 1 aromatic carbocycles. The molecule has 7 nitrogen and oxygen atoms in total. The summed E-state index contributed by atoms with van der Waals surface area (Å²) in [6, 6.07) is 5.83. The molecule has 1 atom stereocenters. The molecule has 8 heteroatoms. The van der Waals surface area contributed by atoms with Gasteiger partial charge in [-0.1, -0.05) is 12.2 Å². The number of hydrogen-bond donors (Lipinski definition) is 1. The normalized spacial score (nSPS) is 18.4. The maximum atomic E-state index is 13.0. The Hall–Kier alpha value is -3.26. The number of aromatic nitrogens is 1. The van der Waals surface area contributed by atoms with E-state index >= 15 is 0 Å². The van der Waals surface area contributed by atoms with Crippen LogP contribution < -0.4 is 4.74 Å². The zero-order valence-electron chi connectivity index (χ0n) is 16.0. The van der Waals surface area contributed by atoms with Gasteiger partial charge in [0.1, 0.15) is 5.75 Å². The number of H-pyrrole nitrogens is 1. The minimum absolute atomic E-state index is 0.145. The summed E-state index contributed by atoms with van der Waals surface area (Å²) in [6.07, 6.45) is 7.36. The molecule has 29 heavy (non-hydrogen) atoms. The number of rotatable bonds is 5. The molecule has 1 aliphatic carbocycles. The summed E-state index contributed by atoms with van der Waals surface area (Å²) < 4.78 is 10.0. The number of thiocarbonyl (C=S) groups is 1. The van der Waals surface area contributed by atoms with Crippen LogP contribution in [0.2, 0.25) is 0 Å². The van der Waals surface area contributed by atoms with Crippen molar-refractivity contribution in [2.75, 3.05) is 20.8 Å². The van der Waals surface area contributed by atoms with Gasteiger partial charge in [0.2, 0.25) is 11.0 Å². The Morgan fingerprint density at radius 1 is 1.34 bits per heavy atom. The van der Waals surface area contributed by atoms with E-state index in [1.54, 1.807) is 25.3 Å². The van der Waals surface area contributed by atoms with E-state index in [2.05, 4.69) is 9.98 Å². The number of ether oxygens (including phenoxy) is 2. The largest absolute Gasteiger partial charge is 0.497 e. The van der Waals surface area contributed by atoms with Gasteiger partial charge in [-0.15, -0.1) is 0 Å². The molecule has 148 valence electrons. The van der Waals surface area contributed by atoms with Crippen LogP contribution in [0.4, 0.5) is 0 Å². The lowest BCUT2D eigenvalue weighted by molar-refractivity contribution is -0.135. The van der Waals surface area contributed by atoms with Crippen LogP contribution in [0.3, 0.4) is 0 Å². The van der Waals surface area contributed by atoms with E-state index in [0.717, 1.165) is 22.2 Å². The minimum Gasteiger partial charge on any atom is -0.497 e. The molecule has 0 bridgehead atoms. The third kappa shape index (κ3) is 3.47. The molecule has 2 heterocycles. The number of aliphatic imine (C=N–C) groups is 1. The number of benzene rings is 1. The Balaban J connectivity index is 1.54. The number of nitrogens with zero attached hydrogens (tertiary/aromatic N) is 2. The fourth-order valence-electron chi connectivity index (χ4n) is 3.51. The van der Waals surface area contributed by atoms with Gasteiger partial charge in [0, 0.05) is 23.6 Å². The Bertz CT molecular complexity index is 1110. The molecule has 0 saturated heterocycles. The van der Waals surface area contributed by atoms with Crippen molar-refractivity contribution in [1.82, 2.24) is 9.88 Å². The number of fused-ring (bicyclic) bond motifs is 2. The lowest BCUT2D eigenvalue weighted by atomic mass is 9.92. The first kappa shape index (κ1) is 19.1. The fraction of sp³-hybridized carbons (Fsp3) is 0.238. The predicted molar refractivity (Wildman–Crippen MR) is 113 cm³/mol. The van der Waals surface area contributed by atoms with E-state index in [-0.39, 0.29) is 11.0 Å². The third-order valence-electron chi connectivity index (χ3n) is 5.08. The SMILES string of the molecule is COC(=O)C1=CC2=NC(=S)N(CCc3c[nH]c4ccc(OC)cc34)C(=O)C2C=C1. The number of allylic oxidation sites excluding steroid dienone is 1. The Morgan fingerprint density at radius 2 is 2.17 bits per heavy atom. The van der Waals surface area contributed by atoms with Gasteiger partial charge in [-0.25, -0.2) is 9.79 Å². The van der Waals surface area contributed by atoms with E-state index in [1.165, 1.54) is 12.0 Å². The number of methoxy groups -OCH3 is 2. The monoisotopic (exact) mass is 409 g/mol. The molecule has 0 radical (unpaired) electrons. The number of esters is 1. The molecule has 1 aromatic heterocycles. The van der Waals surface area contributed by atoms with Gasteiger partial charge >= 0.3 is 5.97 Å². The van der Waals surface area contributed by atoms with Crippen molar-refractivity contribution in [3.8, 4) is 5.75 Å². The zero-order chi connectivity index (χ0) is 20.5. The van der Waals surface area contributed by atoms with Crippen molar-refractivity contribution in [2.24, 2.45) is 10.9 Å². The van der Waals surface area contributed by atoms with Gasteiger partial charge in [-0.2, -0.15) is 0 Å². The lowest BCUT2D eigenvalue weighted by Crippen LogP contribution is -2.47. The highest BCUT2D eigenvalue weighted by atomic mass is 32.1. The molecule has 2 aliphatic rings. The average molecular weight is 409 g/mol. The summed E-state index contributed by atoms with van der Waals surface area (Å²) >= 11 is 5.36. The second-order valence-corrected chi connectivity index (χ2v) is 7.08. The van der Waals surface area contributed by atoms with E-state index in [9.17, 15) is 9.59 Å². The van der Waals surface area contributed by atoms with Gasteiger partial charge in [0.05, 0.1) is 31.4 Å². The molecule has 2 aromatic rings. The molecule has 0 saturated carbocycles. The fourth-order valence-corrected chi connectivity index (χ4v) is 3.80. The third-order valence-corrected chi connectivity index (χ3v) is 5.39. The molecule has 0 spiro atoms. The van der Waals surface area contributed by atoms with E-state index in [0.29, 0.717) is 24.3 Å². The van der Waals surface area contributed by atoms with Crippen LogP contribution in [0, 0.1) is 5.92 Å². The van der Waals surface area contributed by atoms with E-state index < -0.39 is 11.9 Å². The van der Waals surface area contributed by atoms with Crippen LogP contribution >= 0.6 is 12.2 Å². The van der Waals surface area contributed by atoms with Crippen LogP contribution in [0.1, 0.15) is 5.56 Å². The second-order valence-electron chi connectivity index (χ2n) is 6.71. The molecule has 1 amide bonds. The van der Waals surface area contributed by atoms with Crippen LogP contribution in [0.5, 0.6) is 5.75 Å². The highest BCUT2D eigenvalue weighted by molar-refractivity contribution is 7.80. The maximum Gasteiger partial charge on any atom is 0.337 e. The standard InChI is InChI=1S/C21H19N3O4S/c1-27-14-4-6-17-16(10-14)13(11-22-17)7-8-24-19(25)15-5-3-12(20(26)28-2)9-18(15)23-21(24)29/h3-6,9-11,15,22H,7-8H2,1-2H3. The summed E-state index contributed by atoms with van der Waals surface area (Å²) in [7, 11) is 2.94. The first-order valence-corrected chi connectivity index (χ1v) is 9.49. The molecule has 4 rings (SSSR count). The van der Waals surface area contributed by atoms with Gasteiger partial charge in [-0.3, -0.25) is 9.69 Å². The summed E-state index contributed by atoms with van der Waals surface area (Å²) in [4.78, 5) is 33.8. The number of carbonyl (C=O) groups is 2. The number of amides is 1. The minimum atomic E-state index is -0.543. The molecule has 1 aliphatic heterocycles. The van der Waals surface area contributed by atoms with Crippen molar-refractivity contribution < 1.29 is 19.1 Å². The quantitative estimate of drug-likeness (QED) is 0.606. The highest BCUT2D eigenvalue weighted by Crippen LogP contribution is 2.26. The predicted octanol–water partition coefficient (Wildman–Crippen LogP) is 2.57. The van der Waals surface area contributed by atoms with Gasteiger partial charge in [-0.05, 0) is 48.5 Å². The van der Waals surface area contributed by atoms with Crippen molar-refractivity contribution in [3.05, 3.63) is 53.8 Å². The summed E-state index contributed by atoms with van der Waals surface area (Å²) in [5.41, 5.74) is 2.89. The number of aromatic amines is 1. The molecule has 0 fully saturated rings. The van der Waals surface area contributed by atoms with Crippen molar-refractivity contribution in [2.45, 2.75) is 6.42 Å². The van der Waals surface area contributed by atoms with Crippen molar-refractivity contribution in [3.63, 3.8) is 0 Å². The molecule has 1 N–H and O–H groups in total. The Kier molecular flexibility index (Phi) is 5.02. The van der Waals surface area contributed by atoms with Crippen LogP contribution in [0.15, 0.2) is 53.2 Å². The Morgan fingerprint density at radius 3 is 2.93 bits per heavy atom.